The first-order valence-corrected chi connectivity index (χ1v) is 9.02. The third kappa shape index (κ3) is 3.45. The van der Waals surface area contributed by atoms with Gasteiger partial charge in [0, 0.05) is 15.8 Å². The van der Waals surface area contributed by atoms with Gasteiger partial charge in [-0.2, -0.15) is 0 Å². The van der Waals surface area contributed by atoms with Crippen LogP contribution in [0, 0.1) is 0 Å². The monoisotopic (exact) mass is 339 g/mol. The largest absolute Gasteiger partial charge is 0.323 e. The molecule has 2 aromatic rings. The quantitative estimate of drug-likeness (QED) is 0.727. The summed E-state index contributed by atoms with van der Waals surface area (Å²) >= 11 is 14.2. The number of halogens is 2. The van der Waals surface area contributed by atoms with Crippen LogP contribution in [0.5, 0.6) is 0 Å². The fourth-order valence-electron chi connectivity index (χ4n) is 2.92. The topological polar surface area (TPSA) is 26.0 Å². The Morgan fingerprint density at radius 1 is 1.14 bits per heavy atom. The summed E-state index contributed by atoms with van der Waals surface area (Å²) in [6.07, 6.45) is 7.11. The molecule has 112 valence electrons. The minimum absolute atomic E-state index is 0.00195. The molecule has 0 amide bonds. The van der Waals surface area contributed by atoms with E-state index in [2.05, 4.69) is 6.07 Å². The number of aryl methyl sites for hydroxylation is 2. The molecule has 1 unspecified atom stereocenters. The molecule has 1 aliphatic carbocycles. The van der Waals surface area contributed by atoms with Gasteiger partial charge >= 0.3 is 0 Å². The normalized spacial score (nSPS) is 16.3. The molecular formula is C17H19Cl2NS. The highest BCUT2D eigenvalue weighted by Gasteiger charge is 2.17. The lowest BCUT2D eigenvalue weighted by Crippen LogP contribution is -2.12. The van der Waals surface area contributed by atoms with Crippen LogP contribution in [0.15, 0.2) is 24.3 Å². The van der Waals surface area contributed by atoms with Crippen LogP contribution in [-0.2, 0) is 19.3 Å². The maximum atomic E-state index is 6.41. The van der Waals surface area contributed by atoms with E-state index in [-0.39, 0.29) is 6.04 Å². The van der Waals surface area contributed by atoms with Crippen molar-refractivity contribution in [3.8, 4) is 0 Å². The Bertz CT molecular complexity index is 612. The summed E-state index contributed by atoms with van der Waals surface area (Å²) in [6.45, 7) is 0. The van der Waals surface area contributed by atoms with Crippen molar-refractivity contribution in [3.05, 3.63) is 55.2 Å². The third-order valence-electron chi connectivity index (χ3n) is 4.10. The highest BCUT2D eigenvalue weighted by atomic mass is 35.5. The number of hydrogen-bond donors (Lipinski definition) is 1. The Morgan fingerprint density at radius 2 is 1.95 bits per heavy atom. The molecular weight excluding hydrogens is 321 g/mol. The van der Waals surface area contributed by atoms with Gasteiger partial charge in [-0.25, -0.2) is 0 Å². The highest BCUT2D eigenvalue weighted by Crippen LogP contribution is 2.34. The van der Waals surface area contributed by atoms with Crippen molar-refractivity contribution in [2.24, 2.45) is 5.73 Å². The van der Waals surface area contributed by atoms with E-state index in [1.54, 1.807) is 0 Å². The number of benzene rings is 1. The second-order valence-electron chi connectivity index (χ2n) is 5.68. The Hall–Kier alpha value is -0.540. The average Bonchev–Trinajstić information content (AvgIpc) is 2.75. The molecule has 0 saturated carbocycles. The highest BCUT2D eigenvalue weighted by molar-refractivity contribution is 7.12. The van der Waals surface area contributed by atoms with Gasteiger partial charge in [0.25, 0.3) is 0 Å². The zero-order valence-electron chi connectivity index (χ0n) is 11.9. The molecule has 0 fully saturated rings. The lowest BCUT2D eigenvalue weighted by molar-refractivity contribution is 0.709. The summed E-state index contributed by atoms with van der Waals surface area (Å²) in [4.78, 5) is 2.81. The van der Waals surface area contributed by atoms with Gasteiger partial charge in [-0.1, -0.05) is 41.8 Å². The minimum Gasteiger partial charge on any atom is -0.323 e. The lowest BCUT2D eigenvalue weighted by Gasteiger charge is -2.11. The number of thiophene rings is 1. The molecule has 4 heteroatoms. The Balaban J connectivity index is 1.79. The molecule has 1 aliphatic rings. The van der Waals surface area contributed by atoms with Crippen molar-refractivity contribution >= 4 is 34.5 Å². The zero-order chi connectivity index (χ0) is 14.8. The smallest absolute Gasteiger partial charge is 0.0624 e. The second-order valence-corrected chi connectivity index (χ2v) is 7.63. The fraction of sp³-hybridized carbons (Fsp3) is 0.412. The Kier molecular flexibility index (Phi) is 4.90. The van der Waals surface area contributed by atoms with Crippen molar-refractivity contribution in [3.63, 3.8) is 0 Å². The molecule has 1 aromatic heterocycles. The first kappa shape index (κ1) is 15.4. The molecule has 0 spiro atoms. The summed E-state index contributed by atoms with van der Waals surface area (Å²) in [5, 5.41) is 1.23. The van der Waals surface area contributed by atoms with Crippen LogP contribution in [-0.4, -0.2) is 0 Å². The number of hydrogen-bond acceptors (Lipinski definition) is 2. The van der Waals surface area contributed by atoms with Crippen LogP contribution >= 0.6 is 34.5 Å². The molecule has 0 aliphatic heterocycles. The minimum atomic E-state index is -0.00195. The van der Waals surface area contributed by atoms with Gasteiger partial charge in [0.1, 0.15) is 0 Å². The molecule has 0 saturated heterocycles. The van der Waals surface area contributed by atoms with E-state index in [1.165, 1.54) is 47.4 Å². The zero-order valence-corrected chi connectivity index (χ0v) is 14.2. The average molecular weight is 340 g/mol. The van der Waals surface area contributed by atoms with E-state index >= 15 is 0 Å². The summed E-state index contributed by atoms with van der Waals surface area (Å²) in [7, 11) is 0. The fourth-order valence-corrected chi connectivity index (χ4v) is 4.57. The molecule has 1 heterocycles. The summed E-state index contributed by atoms with van der Waals surface area (Å²) in [5.41, 5.74) is 8.95. The number of nitrogens with two attached hydrogens (primary N) is 1. The molecule has 3 rings (SSSR count). The Labute approximate surface area is 140 Å². The SMILES string of the molecule is NC(Cc1cccc(Cl)c1Cl)c1cc2c(s1)CCCCC2. The van der Waals surface area contributed by atoms with Crippen LogP contribution in [0.25, 0.3) is 0 Å². The Morgan fingerprint density at radius 3 is 2.81 bits per heavy atom. The standard InChI is InChI=1S/C17H19Cl2NS/c18-13-7-4-6-12(17(13)19)9-14(20)16-10-11-5-2-1-3-8-15(11)21-16/h4,6-7,10,14H,1-3,5,8-9,20H2. The second kappa shape index (κ2) is 6.70. The maximum absolute atomic E-state index is 6.41. The van der Waals surface area contributed by atoms with Crippen LogP contribution < -0.4 is 5.73 Å². The van der Waals surface area contributed by atoms with E-state index in [0.717, 1.165) is 12.0 Å². The van der Waals surface area contributed by atoms with Crippen molar-refractivity contribution in [2.75, 3.05) is 0 Å². The van der Waals surface area contributed by atoms with Crippen LogP contribution in [0.2, 0.25) is 10.0 Å². The van der Waals surface area contributed by atoms with E-state index < -0.39 is 0 Å². The molecule has 1 aromatic carbocycles. The molecule has 21 heavy (non-hydrogen) atoms. The molecule has 2 N–H and O–H groups in total. The van der Waals surface area contributed by atoms with E-state index in [1.807, 2.05) is 29.5 Å². The van der Waals surface area contributed by atoms with Crippen molar-refractivity contribution in [2.45, 2.75) is 44.6 Å². The molecule has 1 nitrogen and oxygen atoms in total. The van der Waals surface area contributed by atoms with Gasteiger partial charge < -0.3 is 5.73 Å². The van der Waals surface area contributed by atoms with Gasteiger partial charge in [-0.05, 0) is 55.4 Å². The van der Waals surface area contributed by atoms with Crippen molar-refractivity contribution < 1.29 is 0 Å². The first-order valence-electron chi connectivity index (χ1n) is 7.45. The van der Waals surface area contributed by atoms with Gasteiger partial charge in [0.05, 0.1) is 10.0 Å². The summed E-state index contributed by atoms with van der Waals surface area (Å²) < 4.78 is 0. The lowest BCUT2D eigenvalue weighted by atomic mass is 10.0. The van der Waals surface area contributed by atoms with Gasteiger partial charge in [0.15, 0.2) is 0 Å². The summed E-state index contributed by atoms with van der Waals surface area (Å²) in [5.74, 6) is 0. The van der Waals surface area contributed by atoms with Crippen molar-refractivity contribution in [1.82, 2.24) is 0 Å². The van der Waals surface area contributed by atoms with E-state index in [9.17, 15) is 0 Å². The predicted molar refractivity (Wildman–Crippen MR) is 92.7 cm³/mol. The number of fused-ring (bicyclic) bond motifs is 1. The first-order chi connectivity index (χ1) is 10.1. The van der Waals surface area contributed by atoms with Gasteiger partial charge in [-0.3, -0.25) is 0 Å². The predicted octanol–water partition coefficient (Wildman–Crippen LogP) is 5.57. The van der Waals surface area contributed by atoms with Crippen LogP contribution in [0.1, 0.15) is 46.2 Å². The molecule has 1 atom stereocenters. The van der Waals surface area contributed by atoms with Gasteiger partial charge in [0.2, 0.25) is 0 Å². The molecule has 0 bridgehead atoms. The van der Waals surface area contributed by atoms with Crippen LogP contribution in [0.3, 0.4) is 0 Å². The number of rotatable bonds is 3. The molecule has 0 radical (unpaired) electrons. The van der Waals surface area contributed by atoms with E-state index in [4.69, 9.17) is 28.9 Å². The summed E-state index contributed by atoms with van der Waals surface area (Å²) in [6, 6.07) is 8.06. The maximum Gasteiger partial charge on any atom is 0.0624 e. The van der Waals surface area contributed by atoms with Gasteiger partial charge in [-0.15, -0.1) is 11.3 Å². The van der Waals surface area contributed by atoms with Crippen LogP contribution in [0.4, 0.5) is 0 Å². The van der Waals surface area contributed by atoms with Crippen molar-refractivity contribution in [1.29, 1.82) is 0 Å². The third-order valence-corrected chi connectivity index (χ3v) is 6.33. The van der Waals surface area contributed by atoms with E-state index in [0.29, 0.717) is 10.0 Å².